The van der Waals surface area contributed by atoms with Gasteiger partial charge in [-0.25, -0.2) is 0 Å². The minimum Gasteiger partial charge on any atom is -0.496 e. The lowest BCUT2D eigenvalue weighted by molar-refractivity contribution is -0.132. The van der Waals surface area contributed by atoms with Gasteiger partial charge in [0.25, 0.3) is 5.91 Å². The monoisotopic (exact) mass is 338 g/mol. The molecule has 0 N–H and O–H groups in total. The van der Waals surface area contributed by atoms with Gasteiger partial charge in [-0.15, -0.1) is 0 Å². The summed E-state index contributed by atoms with van der Waals surface area (Å²) in [5, 5.41) is 0.547. The number of hydrogen-bond acceptors (Lipinski definition) is 3. The molecule has 1 aromatic carbocycles. The third-order valence-corrected chi connectivity index (χ3v) is 4.50. The van der Waals surface area contributed by atoms with Crippen LogP contribution in [0.4, 0.5) is 0 Å². The predicted octanol–water partition coefficient (Wildman–Crippen LogP) is 2.74. The molecule has 0 unspecified atom stereocenters. The van der Waals surface area contributed by atoms with Crippen LogP contribution in [0.15, 0.2) is 12.1 Å². The molecule has 0 aromatic heterocycles. The van der Waals surface area contributed by atoms with Gasteiger partial charge in [-0.05, 0) is 31.0 Å². The van der Waals surface area contributed by atoms with Crippen LogP contribution < -0.4 is 4.74 Å². The summed E-state index contributed by atoms with van der Waals surface area (Å²) in [5.41, 5.74) is 1.34. The average molecular weight is 339 g/mol. The Morgan fingerprint density at radius 2 is 1.78 bits per heavy atom. The van der Waals surface area contributed by atoms with Crippen molar-refractivity contribution < 1.29 is 14.3 Å². The lowest BCUT2D eigenvalue weighted by Crippen LogP contribution is -2.50. The summed E-state index contributed by atoms with van der Waals surface area (Å²) < 4.78 is 5.31. The molecule has 0 saturated carbocycles. The molecular weight excluding hydrogens is 316 g/mol. The Morgan fingerprint density at radius 3 is 2.35 bits per heavy atom. The molecule has 23 heavy (non-hydrogen) atoms. The lowest BCUT2D eigenvalue weighted by atomic mass is 10.1. The second-order valence-corrected chi connectivity index (χ2v) is 6.13. The van der Waals surface area contributed by atoms with Gasteiger partial charge < -0.3 is 14.5 Å². The molecule has 1 saturated heterocycles. The van der Waals surface area contributed by atoms with E-state index in [-0.39, 0.29) is 11.8 Å². The van der Waals surface area contributed by atoms with Crippen molar-refractivity contribution in [3.63, 3.8) is 0 Å². The molecule has 1 aliphatic rings. The first-order valence-corrected chi connectivity index (χ1v) is 8.27. The number of amides is 2. The highest BCUT2D eigenvalue weighted by Gasteiger charge is 2.26. The Morgan fingerprint density at radius 1 is 1.17 bits per heavy atom. The second kappa shape index (κ2) is 7.68. The fraction of sp³-hybridized carbons (Fsp3) is 0.529. The summed E-state index contributed by atoms with van der Waals surface area (Å²) >= 11 is 6.15. The van der Waals surface area contributed by atoms with Crippen molar-refractivity contribution in [1.82, 2.24) is 9.80 Å². The van der Waals surface area contributed by atoms with E-state index in [2.05, 4.69) is 0 Å². The molecule has 1 heterocycles. The zero-order chi connectivity index (χ0) is 17.0. The molecule has 0 bridgehead atoms. The van der Waals surface area contributed by atoms with E-state index in [1.165, 1.54) is 0 Å². The van der Waals surface area contributed by atoms with Crippen LogP contribution in [0.3, 0.4) is 0 Å². The van der Waals surface area contributed by atoms with Crippen LogP contribution in [0.2, 0.25) is 5.02 Å². The number of hydrogen-bond donors (Lipinski definition) is 0. The second-order valence-electron chi connectivity index (χ2n) is 5.72. The van der Waals surface area contributed by atoms with Gasteiger partial charge in [-0.3, -0.25) is 9.59 Å². The van der Waals surface area contributed by atoms with Crippen LogP contribution in [-0.2, 0) is 4.79 Å². The molecule has 126 valence electrons. The number of rotatable bonds is 4. The fourth-order valence-corrected chi connectivity index (χ4v) is 2.86. The predicted molar refractivity (Wildman–Crippen MR) is 90.1 cm³/mol. The average Bonchev–Trinajstić information content (AvgIpc) is 2.56. The van der Waals surface area contributed by atoms with Crippen molar-refractivity contribution in [3.8, 4) is 5.75 Å². The highest BCUT2D eigenvalue weighted by molar-refractivity contribution is 6.31. The van der Waals surface area contributed by atoms with Gasteiger partial charge in [0, 0.05) is 37.6 Å². The summed E-state index contributed by atoms with van der Waals surface area (Å²) in [6.07, 6.45) is 1.41. The van der Waals surface area contributed by atoms with Crippen LogP contribution in [0, 0.1) is 6.92 Å². The van der Waals surface area contributed by atoms with Crippen molar-refractivity contribution in [3.05, 3.63) is 28.3 Å². The maximum absolute atomic E-state index is 12.7. The Balaban J connectivity index is 2.08. The summed E-state index contributed by atoms with van der Waals surface area (Å²) in [4.78, 5) is 28.2. The molecule has 2 rings (SSSR count). The Kier molecular flexibility index (Phi) is 5.88. The van der Waals surface area contributed by atoms with Crippen molar-refractivity contribution in [1.29, 1.82) is 0 Å². The molecule has 6 heteroatoms. The third-order valence-electron chi connectivity index (χ3n) is 4.09. The van der Waals surface area contributed by atoms with Gasteiger partial charge in [0.1, 0.15) is 5.75 Å². The molecule has 0 radical (unpaired) electrons. The standard InChI is InChI=1S/C17H23ClN2O3/c1-4-5-16(21)19-6-8-20(9-7-19)17(22)13-11-14(18)12(2)10-15(13)23-3/h10-11H,4-9H2,1-3H3. The topological polar surface area (TPSA) is 49.9 Å². The van der Waals surface area contributed by atoms with Crippen LogP contribution >= 0.6 is 11.6 Å². The molecule has 1 fully saturated rings. The minimum absolute atomic E-state index is 0.105. The van der Waals surface area contributed by atoms with E-state index in [4.69, 9.17) is 16.3 Å². The highest BCUT2D eigenvalue weighted by Crippen LogP contribution is 2.28. The molecule has 5 nitrogen and oxygen atoms in total. The first kappa shape index (κ1) is 17.6. The summed E-state index contributed by atoms with van der Waals surface area (Å²) in [5.74, 6) is 0.586. The van der Waals surface area contributed by atoms with Gasteiger partial charge in [0.15, 0.2) is 0 Å². The number of aryl methyl sites for hydroxylation is 1. The maximum Gasteiger partial charge on any atom is 0.257 e. The number of piperazine rings is 1. The quantitative estimate of drug-likeness (QED) is 0.848. The minimum atomic E-state index is -0.105. The SMILES string of the molecule is CCCC(=O)N1CCN(C(=O)c2cc(Cl)c(C)cc2OC)CC1. The van der Waals surface area contributed by atoms with Crippen LogP contribution in [0.5, 0.6) is 5.75 Å². The molecule has 1 aliphatic heterocycles. The first-order chi connectivity index (χ1) is 11.0. The molecule has 0 atom stereocenters. The van der Waals surface area contributed by atoms with Crippen LogP contribution in [0.25, 0.3) is 0 Å². The molecule has 0 aliphatic carbocycles. The molecular formula is C17H23ClN2O3. The van der Waals surface area contributed by atoms with E-state index in [0.717, 1.165) is 12.0 Å². The summed E-state index contributed by atoms with van der Waals surface area (Å²) in [7, 11) is 1.54. The fourth-order valence-electron chi connectivity index (χ4n) is 2.69. The smallest absolute Gasteiger partial charge is 0.257 e. The normalized spacial score (nSPS) is 14.8. The number of methoxy groups -OCH3 is 1. The Hall–Kier alpha value is -1.75. The highest BCUT2D eigenvalue weighted by atomic mass is 35.5. The summed E-state index contributed by atoms with van der Waals surface area (Å²) in [6.45, 7) is 6.08. The zero-order valence-electron chi connectivity index (χ0n) is 13.9. The van der Waals surface area contributed by atoms with Crippen LogP contribution in [-0.4, -0.2) is 54.9 Å². The van der Waals surface area contributed by atoms with Crippen molar-refractivity contribution in [2.24, 2.45) is 0 Å². The number of nitrogens with zero attached hydrogens (tertiary/aromatic N) is 2. The third kappa shape index (κ3) is 3.96. The lowest BCUT2D eigenvalue weighted by Gasteiger charge is -2.35. The first-order valence-electron chi connectivity index (χ1n) is 7.89. The van der Waals surface area contributed by atoms with Crippen molar-refractivity contribution in [2.75, 3.05) is 33.3 Å². The van der Waals surface area contributed by atoms with Crippen molar-refractivity contribution >= 4 is 23.4 Å². The number of carbonyl (C=O) groups is 2. The number of carbonyl (C=O) groups excluding carboxylic acids is 2. The van der Waals surface area contributed by atoms with Gasteiger partial charge in [0.05, 0.1) is 12.7 Å². The van der Waals surface area contributed by atoms with E-state index >= 15 is 0 Å². The number of halogens is 1. The number of ether oxygens (including phenoxy) is 1. The maximum atomic E-state index is 12.7. The van der Waals surface area contributed by atoms with Crippen LogP contribution in [0.1, 0.15) is 35.7 Å². The van der Waals surface area contributed by atoms with E-state index < -0.39 is 0 Å². The van der Waals surface area contributed by atoms with Gasteiger partial charge in [0.2, 0.25) is 5.91 Å². The summed E-state index contributed by atoms with van der Waals surface area (Å²) in [6, 6.07) is 3.43. The molecule has 0 spiro atoms. The van der Waals surface area contributed by atoms with E-state index in [1.807, 2.05) is 18.7 Å². The van der Waals surface area contributed by atoms with E-state index in [1.54, 1.807) is 24.1 Å². The number of benzene rings is 1. The van der Waals surface area contributed by atoms with Gasteiger partial charge in [-0.2, -0.15) is 0 Å². The molecule has 1 aromatic rings. The van der Waals surface area contributed by atoms with Crippen molar-refractivity contribution in [2.45, 2.75) is 26.7 Å². The van der Waals surface area contributed by atoms with Gasteiger partial charge >= 0.3 is 0 Å². The Bertz CT molecular complexity index is 596. The molecule has 2 amide bonds. The largest absolute Gasteiger partial charge is 0.496 e. The van der Waals surface area contributed by atoms with E-state index in [9.17, 15) is 9.59 Å². The zero-order valence-corrected chi connectivity index (χ0v) is 14.7. The Labute approximate surface area is 142 Å². The van der Waals surface area contributed by atoms with E-state index in [0.29, 0.717) is 48.9 Å². The van der Waals surface area contributed by atoms with Gasteiger partial charge in [-0.1, -0.05) is 18.5 Å².